The normalized spacial score (nSPS) is 14.3. The second-order valence-electron chi connectivity index (χ2n) is 5.98. The molecule has 2 aromatic heterocycles. The van der Waals surface area contributed by atoms with Gasteiger partial charge in [0.15, 0.2) is 0 Å². The van der Waals surface area contributed by atoms with E-state index in [1.807, 2.05) is 42.1 Å². The van der Waals surface area contributed by atoms with Gasteiger partial charge in [-0.1, -0.05) is 5.21 Å². The highest BCUT2D eigenvalue weighted by molar-refractivity contribution is 5.88. The van der Waals surface area contributed by atoms with E-state index in [4.69, 9.17) is 4.74 Å². The van der Waals surface area contributed by atoms with E-state index in [-0.39, 0.29) is 0 Å². The van der Waals surface area contributed by atoms with Crippen molar-refractivity contribution in [1.29, 1.82) is 0 Å². The van der Waals surface area contributed by atoms with E-state index >= 15 is 0 Å². The third-order valence-corrected chi connectivity index (χ3v) is 4.06. The van der Waals surface area contributed by atoms with Crippen molar-refractivity contribution in [3.8, 4) is 11.4 Å². The first kappa shape index (κ1) is 14.1. The Morgan fingerprint density at radius 1 is 1.30 bits per heavy atom. The molecule has 1 aromatic carbocycles. The maximum absolute atomic E-state index is 5.34. The number of nitrogens with zero attached hydrogens (tertiary/aromatic N) is 4. The summed E-state index contributed by atoms with van der Waals surface area (Å²) in [6.45, 7) is 2.75. The molecule has 0 bridgehead atoms. The average Bonchev–Trinajstić information content (AvgIpc) is 3.28. The van der Waals surface area contributed by atoms with Gasteiger partial charge < -0.3 is 10.1 Å². The number of aryl methyl sites for hydroxylation is 1. The quantitative estimate of drug-likeness (QED) is 0.784. The van der Waals surface area contributed by atoms with E-state index < -0.39 is 0 Å². The van der Waals surface area contributed by atoms with Gasteiger partial charge in [-0.2, -0.15) is 0 Å². The molecule has 3 aromatic rings. The van der Waals surface area contributed by atoms with E-state index in [0.29, 0.717) is 6.04 Å². The smallest absolute Gasteiger partial charge is 0.119 e. The summed E-state index contributed by atoms with van der Waals surface area (Å²) in [7, 11) is 1.67. The Bertz CT molecular complexity index is 853. The summed E-state index contributed by atoms with van der Waals surface area (Å²) in [5.41, 5.74) is 3.79. The van der Waals surface area contributed by atoms with E-state index in [1.165, 1.54) is 12.8 Å². The molecule has 1 N–H and O–H groups in total. The lowest BCUT2D eigenvalue weighted by molar-refractivity contribution is 0.415. The molecule has 0 aliphatic heterocycles. The van der Waals surface area contributed by atoms with Crippen LogP contribution in [-0.2, 0) is 6.54 Å². The predicted molar refractivity (Wildman–Crippen MR) is 87.8 cm³/mol. The van der Waals surface area contributed by atoms with E-state index in [0.717, 1.165) is 40.3 Å². The second kappa shape index (κ2) is 5.62. The Balaban J connectivity index is 1.74. The number of aromatic nitrogens is 4. The van der Waals surface area contributed by atoms with Crippen LogP contribution in [0.1, 0.15) is 24.2 Å². The minimum atomic E-state index is 0.661. The Morgan fingerprint density at radius 2 is 2.17 bits per heavy atom. The lowest BCUT2D eigenvalue weighted by atomic mass is 10.1. The van der Waals surface area contributed by atoms with Crippen LogP contribution in [0.4, 0.5) is 0 Å². The molecule has 2 heterocycles. The molecule has 0 spiro atoms. The van der Waals surface area contributed by atoms with Gasteiger partial charge in [-0.25, -0.2) is 4.68 Å². The molecule has 118 valence electrons. The van der Waals surface area contributed by atoms with Crippen LogP contribution in [-0.4, -0.2) is 33.1 Å². The van der Waals surface area contributed by atoms with Crippen molar-refractivity contribution in [2.24, 2.45) is 0 Å². The van der Waals surface area contributed by atoms with Crippen LogP contribution in [0.2, 0.25) is 0 Å². The summed E-state index contributed by atoms with van der Waals surface area (Å²) in [4.78, 5) is 4.58. The lowest BCUT2D eigenvalue weighted by Gasteiger charge is -2.09. The molecule has 6 nitrogen and oxygen atoms in total. The Kier molecular flexibility index (Phi) is 3.46. The van der Waals surface area contributed by atoms with Crippen molar-refractivity contribution in [1.82, 2.24) is 25.3 Å². The average molecular weight is 309 g/mol. The van der Waals surface area contributed by atoms with E-state index in [2.05, 4.69) is 20.6 Å². The van der Waals surface area contributed by atoms with Crippen LogP contribution in [0.15, 0.2) is 30.5 Å². The maximum Gasteiger partial charge on any atom is 0.119 e. The molecule has 4 rings (SSSR count). The summed E-state index contributed by atoms with van der Waals surface area (Å²) >= 11 is 0. The van der Waals surface area contributed by atoms with Gasteiger partial charge >= 0.3 is 0 Å². The first-order chi connectivity index (χ1) is 11.2. The molecule has 0 saturated heterocycles. The highest BCUT2D eigenvalue weighted by Crippen LogP contribution is 2.26. The first-order valence-electron chi connectivity index (χ1n) is 7.83. The van der Waals surface area contributed by atoms with Crippen LogP contribution in [0.3, 0.4) is 0 Å². The molecular formula is C17H19N5O. The summed E-state index contributed by atoms with van der Waals surface area (Å²) in [6, 6.07) is 8.56. The molecule has 0 atom stereocenters. The maximum atomic E-state index is 5.34. The minimum absolute atomic E-state index is 0.661. The fraction of sp³-hybridized carbons (Fsp3) is 0.353. The number of hydrogen-bond donors (Lipinski definition) is 1. The topological polar surface area (TPSA) is 64.9 Å². The van der Waals surface area contributed by atoms with Crippen LogP contribution < -0.4 is 10.1 Å². The van der Waals surface area contributed by atoms with Crippen molar-refractivity contribution < 1.29 is 4.74 Å². The van der Waals surface area contributed by atoms with Gasteiger partial charge in [-0.05, 0) is 44.0 Å². The molecule has 23 heavy (non-hydrogen) atoms. The van der Waals surface area contributed by atoms with Crippen molar-refractivity contribution in [2.45, 2.75) is 32.4 Å². The molecule has 0 amide bonds. The Morgan fingerprint density at radius 3 is 2.96 bits per heavy atom. The van der Waals surface area contributed by atoms with Gasteiger partial charge in [0, 0.05) is 23.7 Å². The Hall–Kier alpha value is -2.47. The van der Waals surface area contributed by atoms with E-state index in [9.17, 15) is 0 Å². The van der Waals surface area contributed by atoms with Crippen molar-refractivity contribution in [3.63, 3.8) is 0 Å². The number of rotatable bonds is 5. The predicted octanol–water partition coefficient (Wildman–Crippen LogP) is 2.38. The lowest BCUT2D eigenvalue weighted by Crippen LogP contribution is -2.15. The zero-order chi connectivity index (χ0) is 15.8. The third-order valence-electron chi connectivity index (χ3n) is 4.06. The number of ether oxygens (including phenoxy) is 1. The van der Waals surface area contributed by atoms with Crippen LogP contribution >= 0.6 is 0 Å². The zero-order valence-electron chi connectivity index (χ0n) is 13.3. The second-order valence-corrected chi connectivity index (χ2v) is 5.98. The summed E-state index contributed by atoms with van der Waals surface area (Å²) in [5, 5.41) is 13.0. The van der Waals surface area contributed by atoms with E-state index in [1.54, 1.807) is 7.11 Å². The van der Waals surface area contributed by atoms with Gasteiger partial charge in [-0.3, -0.25) is 4.98 Å². The highest BCUT2D eigenvalue weighted by Gasteiger charge is 2.20. The summed E-state index contributed by atoms with van der Waals surface area (Å²) in [6.07, 6.45) is 4.51. The number of methoxy groups -OCH3 is 1. The third kappa shape index (κ3) is 2.90. The van der Waals surface area contributed by atoms with Gasteiger partial charge in [0.05, 0.1) is 30.2 Å². The zero-order valence-corrected chi connectivity index (χ0v) is 13.3. The van der Waals surface area contributed by atoms with Crippen LogP contribution in [0.25, 0.3) is 16.6 Å². The van der Waals surface area contributed by atoms with Crippen LogP contribution in [0.5, 0.6) is 5.75 Å². The fourth-order valence-electron chi connectivity index (χ4n) is 2.67. The molecule has 1 aliphatic carbocycles. The molecule has 6 heteroatoms. The number of pyridine rings is 1. The molecule has 1 saturated carbocycles. The monoisotopic (exact) mass is 309 g/mol. The summed E-state index contributed by atoms with van der Waals surface area (Å²) < 4.78 is 7.16. The van der Waals surface area contributed by atoms with Gasteiger partial charge in [0.25, 0.3) is 0 Å². The number of benzene rings is 1. The first-order valence-corrected chi connectivity index (χ1v) is 7.83. The minimum Gasteiger partial charge on any atom is -0.497 e. The van der Waals surface area contributed by atoms with Gasteiger partial charge in [0.2, 0.25) is 0 Å². The van der Waals surface area contributed by atoms with Crippen molar-refractivity contribution in [2.75, 3.05) is 7.11 Å². The SMILES string of the molecule is COc1ccc2nc(C)cc(-n3cc(CNC4CC4)nn3)c2c1. The molecule has 0 unspecified atom stereocenters. The van der Waals surface area contributed by atoms with Gasteiger partial charge in [-0.15, -0.1) is 5.10 Å². The summed E-state index contributed by atoms with van der Waals surface area (Å²) in [5.74, 6) is 0.806. The highest BCUT2D eigenvalue weighted by atomic mass is 16.5. The Labute approximate surface area is 134 Å². The number of nitrogens with one attached hydrogen (secondary N) is 1. The van der Waals surface area contributed by atoms with Crippen molar-refractivity contribution in [3.05, 3.63) is 41.9 Å². The molecule has 1 fully saturated rings. The number of hydrogen-bond acceptors (Lipinski definition) is 5. The van der Waals surface area contributed by atoms with Crippen molar-refractivity contribution >= 4 is 10.9 Å². The molecule has 0 radical (unpaired) electrons. The standard InChI is InChI=1S/C17H19N5O/c1-11-7-17(15-8-14(23-2)5-6-16(15)19-11)22-10-13(20-21-22)9-18-12-3-4-12/h5-8,10,12,18H,3-4,9H2,1-2H3. The number of fused-ring (bicyclic) bond motifs is 1. The molecular weight excluding hydrogens is 290 g/mol. The van der Waals surface area contributed by atoms with Crippen LogP contribution in [0, 0.1) is 6.92 Å². The largest absolute Gasteiger partial charge is 0.497 e. The fourth-order valence-corrected chi connectivity index (χ4v) is 2.67. The molecule has 1 aliphatic rings. The van der Waals surface area contributed by atoms with Gasteiger partial charge in [0.1, 0.15) is 5.75 Å².